The molecule has 1 saturated heterocycles. The fourth-order valence-electron chi connectivity index (χ4n) is 6.17. The topological polar surface area (TPSA) is 172 Å². The zero-order valence-corrected chi connectivity index (χ0v) is 34.3. The van der Waals surface area contributed by atoms with Crippen LogP contribution < -0.4 is 16.0 Å². The maximum absolute atomic E-state index is 13.8. The van der Waals surface area contributed by atoms with Crippen molar-refractivity contribution in [2.45, 2.75) is 37.7 Å². The van der Waals surface area contributed by atoms with Crippen LogP contribution in [0.4, 0.5) is 5.13 Å². The number of hydrogen-bond acceptors (Lipinski definition) is 12. The molecular formula is C40H43BrN6O7S2. The molecule has 0 spiro atoms. The summed E-state index contributed by atoms with van der Waals surface area (Å²) in [4.78, 5) is 61.9. The normalized spacial score (nSPS) is 16.5. The number of halogens is 1. The fraction of sp³-hybridized carbons (Fsp3) is 0.300. The highest BCUT2D eigenvalue weighted by atomic mass is 79.9. The number of amides is 2. The molecule has 2 aliphatic rings. The number of ether oxygens (including phenoxy) is 1. The zero-order chi connectivity index (χ0) is 40.1. The first-order chi connectivity index (χ1) is 27.2. The minimum absolute atomic E-state index is 0.151. The summed E-state index contributed by atoms with van der Waals surface area (Å²) in [5.41, 5.74) is 2.14. The number of esters is 1. The lowest BCUT2D eigenvalue weighted by atomic mass is 9.77. The Hall–Kier alpha value is -5.03. The maximum Gasteiger partial charge on any atom is 0.352 e. The molecule has 4 aromatic rings. The summed E-state index contributed by atoms with van der Waals surface area (Å²) < 4.78 is 5.01. The van der Waals surface area contributed by atoms with Gasteiger partial charge in [-0.3, -0.25) is 19.3 Å². The van der Waals surface area contributed by atoms with Gasteiger partial charge in [0, 0.05) is 29.0 Å². The molecule has 56 heavy (non-hydrogen) atoms. The standard InChI is InChI=1S/C36H32BrN5O7S2.C4H11N/c1-22(43)48-19-23-20-50-33-29(32(45)42(33)30(23)34(46)47)39-31(44)28(41-49-18-17-37)27-21-51-35(38-27)40-36(24-11-5-2-6-12-24,25-13-7-3-8-14-25)26-15-9-4-10-16-26;1-3-5-4-2/h2-16,21,29,33H,17-20H2,1H3,(H,38,40)(H,39,44)(H,46,47);5H,3-4H2,1-2H3/t29?,33-;/m1./s1. The zero-order valence-electron chi connectivity index (χ0n) is 31.1. The average Bonchev–Trinajstić information content (AvgIpc) is 3.68. The van der Waals surface area contributed by atoms with Gasteiger partial charge in [-0.1, -0.05) is 126 Å². The number of carboxylic acids is 1. The minimum atomic E-state index is -1.33. The van der Waals surface area contributed by atoms with Crippen LogP contribution in [-0.4, -0.2) is 93.3 Å². The molecule has 6 rings (SSSR count). The van der Waals surface area contributed by atoms with E-state index in [0.29, 0.717) is 16.0 Å². The largest absolute Gasteiger partial charge is 0.477 e. The first kappa shape index (κ1) is 42.1. The predicted octanol–water partition coefficient (Wildman–Crippen LogP) is 5.58. The second kappa shape index (κ2) is 20.2. The van der Waals surface area contributed by atoms with Crippen molar-refractivity contribution in [1.82, 2.24) is 20.5 Å². The van der Waals surface area contributed by atoms with E-state index in [1.807, 2.05) is 91.0 Å². The number of carbonyl (C=O) groups excluding carboxylic acids is 3. The third-order valence-corrected chi connectivity index (χ3v) is 11.1. The number of oxime groups is 1. The Morgan fingerprint density at radius 2 is 1.54 bits per heavy atom. The van der Waals surface area contributed by atoms with Gasteiger partial charge in [0.2, 0.25) is 0 Å². The molecule has 13 nitrogen and oxygen atoms in total. The molecule has 0 radical (unpaired) electrons. The van der Waals surface area contributed by atoms with Crippen molar-refractivity contribution < 1.29 is 33.9 Å². The lowest BCUT2D eigenvalue weighted by Gasteiger charge is -2.49. The molecule has 3 aromatic carbocycles. The lowest BCUT2D eigenvalue weighted by molar-refractivity contribution is -0.150. The maximum atomic E-state index is 13.8. The third-order valence-electron chi connectivity index (χ3n) is 8.69. The Morgan fingerprint density at radius 1 is 0.964 bits per heavy atom. The van der Waals surface area contributed by atoms with Gasteiger partial charge in [0.05, 0.1) is 0 Å². The molecule has 0 saturated carbocycles. The Morgan fingerprint density at radius 3 is 2.02 bits per heavy atom. The van der Waals surface area contributed by atoms with Gasteiger partial charge < -0.3 is 30.6 Å². The van der Waals surface area contributed by atoms with Crippen LogP contribution in [0.25, 0.3) is 0 Å². The van der Waals surface area contributed by atoms with E-state index in [9.17, 15) is 24.3 Å². The summed E-state index contributed by atoms with van der Waals surface area (Å²) in [5.74, 6) is -3.03. The Bertz CT molecular complexity index is 1930. The number of fused-ring (bicyclic) bond motifs is 1. The lowest BCUT2D eigenvalue weighted by Crippen LogP contribution is -2.71. The second-order valence-electron chi connectivity index (χ2n) is 12.3. The van der Waals surface area contributed by atoms with Gasteiger partial charge in [0.25, 0.3) is 11.8 Å². The van der Waals surface area contributed by atoms with E-state index in [4.69, 9.17) is 14.6 Å². The SMILES string of the molecule is CC(=O)OCC1=C(C(=O)O)N2C(=O)C(NC(=O)C(=NOCCBr)c3csc(NC(c4ccccc4)(c4ccccc4)c4ccccc4)n3)[C@H]2SC1.CCNCC. The molecule has 1 aromatic heterocycles. The average molecular weight is 864 g/mol. The van der Waals surface area contributed by atoms with Crippen molar-refractivity contribution in [1.29, 1.82) is 0 Å². The van der Waals surface area contributed by atoms with E-state index >= 15 is 0 Å². The summed E-state index contributed by atoms with van der Waals surface area (Å²) >= 11 is 5.83. The van der Waals surface area contributed by atoms with Crippen LogP contribution in [-0.2, 0) is 34.3 Å². The van der Waals surface area contributed by atoms with Gasteiger partial charge in [-0.15, -0.1) is 23.1 Å². The number of nitrogens with zero attached hydrogens (tertiary/aromatic N) is 3. The molecular weight excluding hydrogens is 821 g/mol. The molecule has 0 bridgehead atoms. The number of nitrogens with one attached hydrogen (secondary N) is 3. The minimum Gasteiger partial charge on any atom is -0.477 e. The molecule has 4 N–H and O–H groups in total. The highest BCUT2D eigenvalue weighted by Crippen LogP contribution is 2.42. The van der Waals surface area contributed by atoms with Gasteiger partial charge in [0.1, 0.15) is 41.6 Å². The fourth-order valence-corrected chi connectivity index (χ4v) is 8.40. The second-order valence-corrected chi connectivity index (χ2v) is 15.1. The van der Waals surface area contributed by atoms with Crippen molar-refractivity contribution >= 4 is 73.6 Å². The van der Waals surface area contributed by atoms with Crippen molar-refractivity contribution in [3.63, 3.8) is 0 Å². The summed E-state index contributed by atoms with van der Waals surface area (Å²) in [5, 5.41) is 25.5. The van der Waals surface area contributed by atoms with E-state index in [2.05, 4.69) is 50.9 Å². The van der Waals surface area contributed by atoms with Gasteiger partial charge >= 0.3 is 11.9 Å². The monoisotopic (exact) mass is 862 g/mol. The number of carbonyl (C=O) groups is 4. The highest BCUT2D eigenvalue weighted by molar-refractivity contribution is 9.09. The van der Waals surface area contributed by atoms with Gasteiger partial charge in [-0.25, -0.2) is 9.78 Å². The number of thioether (sulfide) groups is 1. The molecule has 16 heteroatoms. The Kier molecular flexibility index (Phi) is 15.2. The molecule has 1 fully saturated rings. The van der Waals surface area contributed by atoms with Crippen LogP contribution in [0.2, 0.25) is 0 Å². The number of benzene rings is 3. The molecule has 2 amide bonds. The highest BCUT2D eigenvalue weighted by Gasteiger charge is 2.54. The van der Waals surface area contributed by atoms with Gasteiger partial charge in [0.15, 0.2) is 10.8 Å². The van der Waals surface area contributed by atoms with Crippen molar-refractivity contribution in [3.8, 4) is 0 Å². The molecule has 294 valence electrons. The van der Waals surface area contributed by atoms with Crippen molar-refractivity contribution in [3.05, 3.63) is 130 Å². The third kappa shape index (κ3) is 9.67. The molecule has 0 aliphatic carbocycles. The number of rotatable bonds is 16. The smallest absolute Gasteiger partial charge is 0.352 e. The number of anilines is 1. The quantitative estimate of drug-likeness (QED) is 0.0211. The van der Waals surface area contributed by atoms with E-state index < -0.39 is 40.7 Å². The number of aliphatic carboxylic acids is 1. The van der Waals surface area contributed by atoms with E-state index in [1.165, 1.54) is 30.0 Å². The summed E-state index contributed by atoms with van der Waals surface area (Å²) in [6, 6.07) is 29.0. The summed E-state index contributed by atoms with van der Waals surface area (Å²) in [6.07, 6.45) is 0. The van der Waals surface area contributed by atoms with Crippen LogP contribution in [0.3, 0.4) is 0 Å². The van der Waals surface area contributed by atoms with Gasteiger partial charge in [-0.05, 0) is 29.8 Å². The first-order valence-corrected chi connectivity index (χ1v) is 20.9. The number of hydrogen-bond donors (Lipinski definition) is 4. The van der Waals surface area contributed by atoms with Crippen molar-refractivity contribution in [2.24, 2.45) is 5.16 Å². The number of β-lactam (4-membered cyclic amide) rings is 1. The Balaban J connectivity index is 0.00000113. The van der Waals surface area contributed by atoms with Crippen molar-refractivity contribution in [2.75, 3.05) is 42.7 Å². The van der Waals surface area contributed by atoms with Crippen LogP contribution in [0.15, 0.2) is 113 Å². The molecule has 3 heterocycles. The molecule has 2 atom stereocenters. The summed E-state index contributed by atoms with van der Waals surface area (Å²) in [6.45, 7) is 7.52. The number of carboxylic acid groups (broad SMARTS) is 1. The number of aromatic nitrogens is 1. The van der Waals surface area contributed by atoms with E-state index in [1.54, 1.807) is 5.38 Å². The molecule has 2 aliphatic heterocycles. The number of thiazole rings is 1. The van der Waals surface area contributed by atoms with E-state index in [0.717, 1.165) is 34.7 Å². The number of alkyl halides is 1. The Labute approximate surface area is 342 Å². The van der Waals surface area contributed by atoms with Crippen LogP contribution in [0.5, 0.6) is 0 Å². The predicted molar refractivity (Wildman–Crippen MR) is 222 cm³/mol. The van der Waals surface area contributed by atoms with E-state index in [-0.39, 0.29) is 36.1 Å². The first-order valence-electron chi connectivity index (χ1n) is 17.9. The molecule has 1 unspecified atom stereocenters. The van der Waals surface area contributed by atoms with Crippen LogP contribution in [0, 0.1) is 0 Å². The van der Waals surface area contributed by atoms with Gasteiger partial charge in [-0.2, -0.15) is 0 Å². The van der Waals surface area contributed by atoms with Crippen LogP contribution in [0.1, 0.15) is 43.2 Å². The van der Waals surface area contributed by atoms with Crippen LogP contribution >= 0.6 is 39.0 Å². The summed E-state index contributed by atoms with van der Waals surface area (Å²) in [7, 11) is 0.